The summed E-state index contributed by atoms with van der Waals surface area (Å²) < 4.78 is 33.8. The van der Waals surface area contributed by atoms with Crippen LogP contribution in [-0.4, -0.2) is 47.7 Å². The van der Waals surface area contributed by atoms with Crippen LogP contribution in [0.15, 0.2) is 12.4 Å². The zero-order valence-corrected chi connectivity index (χ0v) is 10.9. The average molecular weight is 303 g/mol. The summed E-state index contributed by atoms with van der Waals surface area (Å²) in [5.41, 5.74) is -0.336. The van der Waals surface area contributed by atoms with Crippen molar-refractivity contribution in [3.05, 3.63) is 18.1 Å². The van der Waals surface area contributed by atoms with Crippen LogP contribution in [0.25, 0.3) is 0 Å². The summed E-state index contributed by atoms with van der Waals surface area (Å²) >= 11 is 0. The third-order valence-corrected chi connectivity index (χ3v) is 3.63. The quantitative estimate of drug-likeness (QED) is 0.767. The van der Waals surface area contributed by atoms with Crippen LogP contribution in [0.3, 0.4) is 0 Å². The molecule has 0 aromatic carbocycles. The summed E-state index contributed by atoms with van der Waals surface area (Å²) in [6.07, 6.45) is 2.08. The van der Waals surface area contributed by atoms with Crippen molar-refractivity contribution in [2.24, 2.45) is 5.92 Å². The lowest BCUT2D eigenvalue weighted by atomic mass is 10.1. The summed E-state index contributed by atoms with van der Waals surface area (Å²) in [6, 6.07) is 0. The predicted octanol–water partition coefficient (Wildman–Crippen LogP) is -0.173. The Labute approximate surface area is 113 Å². The summed E-state index contributed by atoms with van der Waals surface area (Å²) in [6.45, 7) is -0.0419. The molecule has 108 valence electrons. The van der Waals surface area contributed by atoms with Crippen LogP contribution in [0.4, 0.5) is 9.70 Å². The fourth-order valence-electron chi connectivity index (χ4n) is 1.98. The molecule has 0 spiro atoms. The van der Waals surface area contributed by atoms with Gasteiger partial charge in [0.15, 0.2) is 11.5 Å². The smallest absolute Gasteiger partial charge is 0.356 e. The van der Waals surface area contributed by atoms with Crippen molar-refractivity contribution < 1.29 is 27.0 Å². The van der Waals surface area contributed by atoms with Gasteiger partial charge in [-0.05, 0) is 0 Å². The summed E-state index contributed by atoms with van der Waals surface area (Å²) in [5, 5.41) is 8.79. The Morgan fingerprint density at radius 2 is 2.20 bits per heavy atom. The molecule has 10 heteroatoms. The maximum Gasteiger partial charge on any atom is 0.356 e. The molecule has 0 aliphatic carbocycles. The number of nitrogens with zero attached hydrogens (tertiary/aromatic N) is 3. The number of anilines is 1. The van der Waals surface area contributed by atoms with Crippen molar-refractivity contribution in [1.29, 1.82) is 0 Å². The molecule has 20 heavy (non-hydrogen) atoms. The highest BCUT2D eigenvalue weighted by Gasteiger charge is 2.34. The van der Waals surface area contributed by atoms with Gasteiger partial charge >= 0.3 is 16.2 Å². The van der Waals surface area contributed by atoms with Crippen LogP contribution in [0.2, 0.25) is 0 Å². The molecular formula is C10H10FN3O5S. The fraction of sp³-hybridized carbons (Fsp3) is 0.400. The SMILES string of the molecule is O=C(O)c1cncc(N2CC(CS(=O)(=O)F)CC2=O)n1. The lowest BCUT2D eigenvalue weighted by Crippen LogP contribution is -2.27. The van der Waals surface area contributed by atoms with E-state index in [9.17, 15) is 21.9 Å². The molecule has 1 unspecified atom stereocenters. The first-order valence-corrected chi connectivity index (χ1v) is 7.09. The maximum absolute atomic E-state index is 12.6. The number of carbonyl (C=O) groups is 2. The van der Waals surface area contributed by atoms with E-state index in [0.717, 1.165) is 11.1 Å². The van der Waals surface area contributed by atoms with Gasteiger partial charge in [-0.2, -0.15) is 8.42 Å². The number of hydrogen-bond donors (Lipinski definition) is 1. The van der Waals surface area contributed by atoms with Crippen molar-refractivity contribution >= 4 is 27.9 Å². The Balaban J connectivity index is 2.20. The first kappa shape index (κ1) is 14.3. The van der Waals surface area contributed by atoms with Gasteiger partial charge in [-0.25, -0.2) is 9.78 Å². The highest BCUT2D eigenvalue weighted by Crippen LogP contribution is 2.24. The summed E-state index contributed by atoms with van der Waals surface area (Å²) in [5.74, 6) is -3.17. The Morgan fingerprint density at radius 3 is 2.80 bits per heavy atom. The van der Waals surface area contributed by atoms with E-state index in [1.165, 1.54) is 6.20 Å². The molecule has 1 aromatic heterocycles. The number of rotatable bonds is 4. The van der Waals surface area contributed by atoms with Crippen molar-refractivity contribution in [2.75, 3.05) is 17.2 Å². The van der Waals surface area contributed by atoms with E-state index in [4.69, 9.17) is 5.11 Å². The number of carboxylic acid groups (broad SMARTS) is 1. The molecule has 0 bridgehead atoms. The number of halogens is 1. The second-order valence-corrected chi connectivity index (χ2v) is 5.76. The first-order valence-electron chi connectivity index (χ1n) is 5.54. The molecule has 0 radical (unpaired) electrons. The minimum atomic E-state index is -4.67. The minimum absolute atomic E-state index is 0.00801. The van der Waals surface area contributed by atoms with E-state index >= 15 is 0 Å². The molecule has 8 nitrogen and oxygen atoms in total. The van der Waals surface area contributed by atoms with Crippen LogP contribution in [0, 0.1) is 5.92 Å². The van der Waals surface area contributed by atoms with Gasteiger partial charge in [-0.1, -0.05) is 0 Å². The van der Waals surface area contributed by atoms with Gasteiger partial charge in [0.1, 0.15) is 0 Å². The molecule has 0 saturated carbocycles. The van der Waals surface area contributed by atoms with Gasteiger partial charge in [0.05, 0.1) is 18.1 Å². The monoisotopic (exact) mass is 303 g/mol. The van der Waals surface area contributed by atoms with E-state index in [2.05, 4.69) is 9.97 Å². The van der Waals surface area contributed by atoms with E-state index < -0.39 is 33.8 Å². The van der Waals surface area contributed by atoms with E-state index in [0.29, 0.717) is 0 Å². The van der Waals surface area contributed by atoms with Crippen molar-refractivity contribution in [3.63, 3.8) is 0 Å². The second-order valence-electron chi connectivity index (χ2n) is 4.35. The zero-order chi connectivity index (χ0) is 14.9. The van der Waals surface area contributed by atoms with Gasteiger partial charge in [-0.15, -0.1) is 3.89 Å². The molecule has 2 heterocycles. The lowest BCUT2D eigenvalue weighted by molar-refractivity contribution is -0.117. The largest absolute Gasteiger partial charge is 0.476 e. The zero-order valence-electron chi connectivity index (χ0n) is 10.1. The molecule has 1 amide bonds. The van der Waals surface area contributed by atoms with Crippen LogP contribution in [-0.2, 0) is 15.0 Å². The van der Waals surface area contributed by atoms with E-state index in [1.54, 1.807) is 0 Å². The molecule has 1 atom stereocenters. The molecule has 1 aromatic rings. The number of carbonyl (C=O) groups excluding carboxylic acids is 1. The highest BCUT2D eigenvalue weighted by atomic mass is 32.3. The standard InChI is InChI=1S/C10H10FN3O5S/c11-20(18,19)5-6-1-9(15)14(4-6)8-3-12-2-7(13-8)10(16)17/h2-3,6H,1,4-5H2,(H,16,17). The van der Waals surface area contributed by atoms with Gasteiger partial charge < -0.3 is 5.11 Å². The predicted molar refractivity (Wildman–Crippen MR) is 64.3 cm³/mol. The van der Waals surface area contributed by atoms with Gasteiger partial charge in [0, 0.05) is 18.9 Å². The van der Waals surface area contributed by atoms with Crippen LogP contribution in [0.1, 0.15) is 16.9 Å². The molecule has 1 fully saturated rings. The number of aromatic nitrogens is 2. The van der Waals surface area contributed by atoms with Gasteiger partial charge in [0.25, 0.3) is 0 Å². The van der Waals surface area contributed by atoms with E-state index in [1.807, 2.05) is 0 Å². The average Bonchev–Trinajstić information content (AvgIpc) is 2.68. The highest BCUT2D eigenvalue weighted by molar-refractivity contribution is 7.86. The molecule has 1 aliphatic heterocycles. The molecule has 1 N–H and O–H groups in total. The van der Waals surface area contributed by atoms with Crippen LogP contribution < -0.4 is 4.90 Å². The Kier molecular flexibility index (Phi) is 3.66. The Morgan fingerprint density at radius 1 is 1.50 bits per heavy atom. The Hall–Kier alpha value is -2.10. The van der Waals surface area contributed by atoms with Crippen LogP contribution in [0.5, 0.6) is 0 Å². The lowest BCUT2D eigenvalue weighted by Gasteiger charge is -2.14. The minimum Gasteiger partial charge on any atom is -0.476 e. The third-order valence-electron chi connectivity index (χ3n) is 2.76. The molecular weight excluding hydrogens is 293 g/mol. The number of carboxylic acids is 1. The normalized spacial score (nSPS) is 19.4. The Bertz CT molecular complexity index is 663. The van der Waals surface area contributed by atoms with Gasteiger partial charge in [-0.3, -0.25) is 14.7 Å². The van der Waals surface area contributed by atoms with Crippen molar-refractivity contribution in [1.82, 2.24) is 9.97 Å². The second kappa shape index (κ2) is 5.12. The van der Waals surface area contributed by atoms with Crippen LogP contribution >= 0.6 is 0 Å². The first-order chi connectivity index (χ1) is 9.26. The topological polar surface area (TPSA) is 118 Å². The van der Waals surface area contributed by atoms with Crippen molar-refractivity contribution in [2.45, 2.75) is 6.42 Å². The fourth-order valence-corrected chi connectivity index (χ4v) is 2.77. The summed E-state index contributed by atoms with van der Waals surface area (Å²) in [4.78, 5) is 31.0. The molecule has 1 saturated heterocycles. The van der Waals surface area contributed by atoms with Crippen molar-refractivity contribution in [3.8, 4) is 0 Å². The molecule has 2 rings (SSSR count). The number of hydrogen-bond acceptors (Lipinski definition) is 6. The van der Waals surface area contributed by atoms with E-state index in [-0.39, 0.29) is 24.5 Å². The number of amides is 1. The maximum atomic E-state index is 12.6. The third kappa shape index (κ3) is 3.26. The molecule has 1 aliphatic rings. The van der Waals surface area contributed by atoms with Gasteiger partial charge in [0.2, 0.25) is 5.91 Å². The number of aromatic carboxylic acids is 1. The summed E-state index contributed by atoms with van der Waals surface area (Å²) in [7, 11) is -4.67.